The Bertz CT molecular complexity index is 601. The molecule has 100 valence electrons. The topological polar surface area (TPSA) is 41.6 Å². The molecule has 0 bridgehead atoms. The van der Waals surface area contributed by atoms with Crippen LogP contribution in [0, 0.1) is 11.3 Å². The van der Waals surface area contributed by atoms with E-state index in [4.69, 9.17) is 5.26 Å². The van der Waals surface area contributed by atoms with Crippen molar-refractivity contribution in [1.82, 2.24) is 9.55 Å². The van der Waals surface area contributed by atoms with Gasteiger partial charge in [-0.1, -0.05) is 20.8 Å². The van der Waals surface area contributed by atoms with E-state index >= 15 is 0 Å². The van der Waals surface area contributed by atoms with Crippen LogP contribution in [0.25, 0.3) is 0 Å². The summed E-state index contributed by atoms with van der Waals surface area (Å²) in [6.45, 7) is 6.57. The molecule has 0 fully saturated rings. The molecule has 0 aliphatic rings. The summed E-state index contributed by atoms with van der Waals surface area (Å²) in [4.78, 5) is 5.84. The van der Waals surface area contributed by atoms with E-state index in [2.05, 4.69) is 31.8 Å². The zero-order chi connectivity index (χ0) is 14.0. The molecule has 2 aromatic rings. The van der Waals surface area contributed by atoms with Crippen molar-refractivity contribution in [2.75, 3.05) is 0 Å². The standard InChI is InChI=1S/C15H19N3S/c1-10(2)14-9-17-15(19-14)7-11(3)13-6-5-12(8-16)18(13)4/h5-6,9-11H,7H2,1-4H3. The first-order chi connectivity index (χ1) is 9.02. The van der Waals surface area contributed by atoms with Crippen molar-refractivity contribution in [3.8, 4) is 6.07 Å². The van der Waals surface area contributed by atoms with E-state index in [1.165, 1.54) is 15.6 Å². The van der Waals surface area contributed by atoms with E-state index in [-0.39, 0.29) is 0 Å². The minimum atomic E-state index is 0.373. The third-order valence-corrected chi connectivity index (χ3v) is 4.72. The van der Waals surface area contributed by atoms with Gasteiger partial charge in [-0.15, -0.1) is 11.3 Å². The third-order valence-electron chi connectivity index (χ3n) is 3.40. The second-order valence-electron chi connectivity index (χ2n) is 5.23. The molecule has 0 aromatic carbocycles. The number of aromatic nitrogens is 2. The lowest BCUT2D eigenvalue weighted by Gasteiger charge is -2.11. The molecule has 19 heavy (non-hydrogen) atoms. The van der Waals surface area contributed by atoms with Gasteiger partial charge in [0.2, 0.25) is 0 Å². The molecule has 0 saturated carbocycles. The molecular weight excluding hydrogens is 254 g/mol. The fourth-order valence-corrected chi connectivity index (χ4v) is 3.24. The summed E-state index contributed by atoms with van der Waals surface area (Å²) in [5.74, 6) is 0.917. The van der Waals surface area contributed by atoms with E-state index in [0.29, 0.717) is 17.5 Å². The average molecular weight is 273 g/mol. The average Bonchev–Trinajstić information content (AvgIpc) is 2.95. The Kier molecular flexibility index (Phi) is 4.06. The molecule has 0 aliphatic carbocycles. The van der Waals surface area contributed by atoms with Gasteiger partial charge in [0.15, 0.2) is 0 Å². The molecule has 2 aromatic heterocycles. The maximum atomic E-state index is 8.99. The molecular formula is C15H19N3S. The Hall–Kier alpha value is -1.60. The van der Waals surface area contributed by atoms with Crippen LogP contribution in [-0.2, 0) is 13.5 Å². The van der Waals surface area contributed by atoms with Gasteiger partial charge in [0.25, 0.3) is 0 Å². The molecule has 0 spiro atoms. The minimum absolute atomic E-state index is 0.373. The highest BCUT2D eigenvalue weighted by atomic mass is 32.1. The lowest BCUT2D eigenvalue weighted by molar-refractivity contribution is 0.677. The largest absolute Gasteiger partial charge is 0.339 e. The van der Waals surface area contributed by atoms with Crippen LogP contribution < -0.4 is 0 Å². The first-order valence-electron chi connectivity index (χ1n) is 6.53. The van der Waals surface area contributed by atoms with Crippen molar-refractivity contribution in [2.45, 2.75) is 39.0 Å². The molecule has 0 aliphatic heterocycles. The number of nitriles is 1. The van der Waals surface area contributed by atoms with Gasteiger partial charge in [-0.2, -0.15) is 5.26 Å². The smallest absolute Gasteiger partial charge is 0.120 e. The van der Waals surface area contributed by atoms with Crippen molar-refractivity contribution in [1.29, 1.82) is 5.26 Å². The summed E-state index contributed by atoms with van der Waals surface area (Å²) in [5.41, 5.74) is 1.90. The maximum absolute atomic E-state index is 8.99. The first-order valence-corrected chi connectivity index (χ1v) is 7.35. The van der Waals surface area contributed by atoms with Crippen LogP contribution in [-0.4, -0.2) is 9.55 Å². The van der Waals surface area contributed by atoms with Gasteiger partial charge >= 0.3 is 0 Å². The Morgan fingerprint density at radius 3 is 2.63 bits per heavy atom. The Labute approximate surface area is 118 Å². The van der Waals surface area contributed by atoms with Gasteiger partial charge in [-0.05, 0) is 18.1 Å². The van der Waals surface area contributed by atoms with Crippen LogP contribution >= 0.6 is 11.3 Å². The zero-order valence-electron chi connectivity index (χ0n) is 11.8. The number of thiazole rings is 1. The van der Waals surface area contributed by atoms with E-state index in [9.17, 15) is 0 Å². The van der Waals surface area contributed by atoms with Gasteiger partial charge < -0.3 is 4.57 Å². The molecule has 0 amide bonds. The normalized spacial score (nSPS) is 12.6. The summed E-state index contributed by atoms with van der Waals surface area (Å²) in [6.07, 6.45) is 2.92. The number of nitrogens with zero attached hydrogens (tertiary/aromatic N) is 3. The summed E-state index contributed by atoms with van der Waals surface area (Å²) >= 11 is 1.80. The SMILES string of the molecule is CC(C)c1cnc(CC(C)c2ccc(C#N)n2C)s1. The van der Waals surface area contributed by atoms with Crippen LogP contribution in [0.5, 0.6) is 0 Å². The minimum Gasteiger partial charge on any atom is -0.339 e. The van der Waals surface area contributed by atoms with Crippen molar-refractivity contribution >= 4 is 11.3 Å². The van der Waals surface area contributed by atoms with E-state index < -0.39 is 0 Å². The van der Waals surface area contributed by atoms with Crippen molar-refractivity contribution in [3.63, 3.8) is 0 Å². The lowest BCUT2D eigenvalue weighted by atomic mass is 10.0. The molecule has 3 nitrogen and oxygen atoms in total. The Balaban J connectivity index is 2.14. The van der Waals surface area contributed by atoms with Crippen LogP contribution in [0.2, 0.25) is 0 Å². The molecule has 0 radical (unpaired) electrons. The van der Waals surface area contributed by atoms with Crippen molar-refractivity contribution in [3.05, 3.63) is 39.6 Å². The summed E-state index contributed by atoms with van der Waals surface area (Å²) < 4.78 is 1.97. The fraction of sp³-hybridized carbons (Fsp3) is 0.467. The second-order valence-corrected chi connectivity index (χ2v) is 6.38. The quantitative estimate of drug-likeness (QED) is 0.849. The van der Waals surface area contributed by atoms with Gasteiger partial charge in [0.1, 0.15) is 11.8 Å². The summed E-state index contributed by atoms with van der Waals surface area (Å²) in [7, 11) is 1.95. The van der Waals surface area contributed by atoms with Crippen LogP contribution in [0.4, 0.5) is 0 Å². The predicted octanol–water partition coefficient (Wildman–Crippen LogP) is 3.82. The maximum Gasteiger partial charge on any atom is 0.120 e. The molecule has 1 unspecified atom stereocenters. The van der Waals surface area contributed by atoms with Gasteiger partial charge in [-0.25, -0.2) is 4.98 Å². The molecule has 2 heterocycles. The monoisotopic (exact) mass is 273 g/mol. The van der Waals surface area contributed by atoms with Crippen LogP contribution in [0.1, 0.15) is 53.9 Å². The van der Waals surface area contributed by atoms with Crippen molar-refractivity contribution < 1.29 is 0 Å². The Morgan fingerprint density at radius 1 is 1.37 bits per heavy atom. The molecule has 0 saturated heterocycles. The molecule has 0 N–H and O–H groups in total. The summed E-state index contributed by atoms with van der Waals surface area (Å²) in [5, 5.41) is 10.2. The molecule has 2 rings (SSSR count). The molecule has 4 heteroatoms. The summed E-state index contributed by atoms with van der Waals surface area (Å²) in [6, 6.07) is 6.13. The van der Waals surface area contributed by atoms with E-state index in [1.54, 1.807) is 11.3 Å². The predicted molar refractivity (Wildman–Crippen MR) is 78.5 cm³/mol. The fourth-order valence-electron chi connectivity index (χ4n) is 2.19. The second kappa shape index (κ2) is 5.58. The molecule has 1 atom stereocenters. The highest BCUT2D eigenvalue weighted by Crippen LogP contribution is 2.27. The zero-order valence-corrected chi connectivity index (χ0v) is 12.7. The Morgan fingerprint density at radius 2 is 2.11 bits per heavy atom. The van der Waals surface area contributed by atoms with E-state index in [0.717, 1.165) is 6.42 Å². The lowest BCUT2D eigenvalue weighted by Crippen LogP contribution is -2.05. The number of hydrogen-bond donors (Lipinski definition) is 0. The van der Waals surface area contributed by atoms with Crippen LogP contribution in [0.15, 0.2) is 18.3 Å². The highest BCUT2D eigenvalue weighted by Gasteiger charge is 2.15. The third kappa shape index (κ3) is 2.87. The number of hydrogen-bond acceptors (Lipinski definition) is 3. The van der Waals surface area contributed by atoms with Gasteiger partial charge in [0, 0.05) is 36.2 Å². The highest BCUT2D eigenvalue weighted by molar-refractivity contribution is 7.11. The first kappa shape index (κ1) is 13.8. The van der Waals surface area contributed by atoms with Crippen molar-refractivity contribution in [2.24, 2.45) is 7.05 Å². The number of rotatable bonds is 4. The van der Waals surface area contributed by atoms with Crippen LogP contribution in [0.3, 0.4) is 0 Å². The van der Waals surface area contributed by atoms with Gasteiger partial charge in [0.05, 0.1) is 5.01 Å². The van der Waals surface area contributed by atoms with E-state index in [1.807, 2.05) is 29.9 Å². The van der Waals surface area contributed by atoms with Gasteiger partial charge in [-0.3, -0.25) is 0 Å².